The van der Waals surface area contributed by atoms with Gasteiger partial charge in [0.15, 0.2) is 0 Å². The Morgan fingerprint density at radius 1 is 1.36 bits per heavy atom. The molecule has 0 aliphatic heterocycles. The van der Waals surface area contributed by atoms with Crippen molar-refractivity contribution in [3.63, 3.8) is 0 Å². The Balaban J connectivity index is 4.07. The Labute approximate surface area is 75.8 Å². The zero-order valence-electron chi connectivity index (χ0n) is 8.22. The number of hydrogen-bond acceptors (Lipinski definition) is 1. The highest BCUT2D eigenvalue weighted by atomic mass is 32.1. The average Bonchev–Trinajstić information content (AvgIpc) is 1.79. The van der Waals surface area contributed by atoms with Gasteiger partial charge in [0.05, 0.1) is 5.49 Å². The van der Waals surface area contributed by atoms with E-state index in [1.807, 2.05) is 0 Å². The average molecular weight is 173 g/mol. The SMILES string of the molecule is CC(C)CN(C=S)C(C)(C)C. The molecular weight excluding hydrogens is 154 g/mol. The molecule has 11 heavy (non-hydrogen) atoms. The van der Waals surface area contributed by atoms with Crippen LogP contribution in [0.2, 0.25) is 0 Å². The van der Waals surface area contributed by atoms with E-state index >= 15 is 0 Å². The van der Waals surface area contributed by atoms with Crippen molar-refractivity contribution in [2.45, 2.75) is 40.2 Å². The van der Waals surface area contributed by atoms with Crippen LogP contribution in [0.4, 0.5) is 0 Å². The second-order valence-corrected chi connectivity index (χ2v) is 4.53. The Morgan fingerprint density at radius 2 is 1.82 bits per heavy atom. The topological polar surface area (TPSA) is 3.24 Å². The Bertz CT molecular complexity index is 124. The predicted molar refractivity (Wildman–Crippen MR) is 55.0 cm³/mol. The van der Waals surface area contributed by atoms with Gasteiger partial charge in [-0.3, -0.25) is 0 Å². The summed E-state index contributed by atoms with van der Waals surface area (Å²) >= 11 is 4.94. The van der Waals surface area contributed by atoms with Crippen molar-refractivity contribution in [2.24, 2.45) is 5.92 Å². The first kappa shape index (κ1) is 10.9. The van der Waals surface area contributed by atoms with Crippen LogP contribution < -0.4 is 0 Å². The molecule has 0 aliphatic rings. The Morgan fingerprint density at radius 3 is 1.91 bits per heavy atom. The lowest BCUT2D eigenvalue weighted by Gasteiger charge is -2.35. The molecule has 66 valence electrons. The van der Waals surface area contributed by atoms with Crippen LogP contribution in [-0.2, 0) is 0 Å². The van der Waals surface area contributed by atoms with E-state index < -0.39 is 0 Å². The van der Waals surface area contributed by atoms with E-state index in [0.717, 1.165) is 6.54 Å². The molecule has 0 spiro atoms. The molecule has 0 heterocycles. The van der Waals surface area contributed by atoms with Gasteiger partial charge >= 0.3 is 0 Å². The monoisotopic (exact) mass is 173 g/mol. The van der Waals surface area contributed by atoms with Gasteiger partial charge in [-0.2, -0.15) is 0 Å². The fraction of sp³-hybridized carbons (Fsp3) is 0.889. The maximum absolute atomic E-state index is 4.94. The van der Waals surface area contributed by atoms with Crippen LogP contribution in [0, 0.1) is 5.92 Å². The minimum Gasteiger partial charge on any atom is -0.364 e. The van der Waals surface area contributed by atoms with E-state index in [2.05, 4.69) is 39.5 Å². The number of thiocarbonyl (C=S) groups is 1. The summed E-state index contributed by atoms with van der Waals surface area (Å²) < 4.78 is 0. The van der Waals surface area contributed by atoms with Crippen LogP contribution in [0.5, 0.6) is 0 Å². The summed E-state index contributed by atoms with van der Waals surface area (Å²) in [6.45, 7) is 12.0. The van der Waals surface area contributed by atoms with Crippen LogP contribution in [0.25, 0.3) is 0 Å². The normalized spacial score (nSPS) is 11.8. The molecule has 0 saturated carbocycles. The first-order valence-electron chi connectivity index (χ1n) is 4.10. The molecular formula is C9H19NS. The molecule has 0 aromatic carbocycles. The van der Waals surface area contributed by atoms with Crippen LogP contribution in [0.3, 0.4) is 0 Å². The molecule has 0 amide bonds. The van der Waals surface area contributed by atoms with E-state index in [0.29, 0.717) is 5.92 Å². The highest BCUT2D eigenvalue weighted by Gasteiger charge is 2.18. The zero-order valence-corrected chi connectivity index (χ0v) is 9.03. The second-order valence-electron chi connectivity index (χ2n) is 4.32. The molecule has 0 saturated heterocycles. The van der Waals surface area contributed by atoms with Gasteiger partial charge in [-0.05, 0) is 26.7 Å². The fourth-order valence-corrected chi connectivity index (χ4v) is 1.27. The van der Waals surface area contributed by atoms with Gasteiger partial charge in [0, 0.05) is 12.1 Å². The molecule has 0 N–H and O–H groups in total. The maximum atomic E-state index is 4.94. The lowest BCUT2D eigenvalue weighted by atomic mass is 10.1. The summed E-state index contributed by atoms with van der Waals surface area (Å²) in [4.78, 5) is 2.20. The van der Waals surface area contributed by atoms with Crippen molar-refractivity contribution in [1.82, 2.24) is 4.90 Å². The molecule has 0 atom stereocenters. The highest BCUT2D eigenvalue weighted by molar-refractivity contribution is 7.78. The van der Waals surface area contributed by atoms with Crippen molar-refractivity contribution >= 4 is 17.7 Å². The Hall–Kier alpha value is -0.110. The van der Waals surface area contributed by atoms with Crippen molar-refractivity contribution in [1.29, 1.82) is 0 Å². The number of hydrogen-bond donors (Lipinski definition) is 0. The highest BCUT2D eigenvalue weighted by Crippen LogP contribution is 2.12. The Kier molecular flexibility index (Phi) is 4.01. The maximum Gasteiger partial charge on any atom is 0.0645 e. The second kappa shape index (κ2) is 4.05. The summed E-state index contributed by atoms with van der Waals surface area (Å²) in [5.74, 6) is 0.674. The van der Waals surface area contributed by atoms with Gasteiger partial charge in [0.25, 0.3) is 0 Å². The molecule has 0 aromatic heterocycles. The largest absolute Gasteiger partial charge is 0.364 e. The lowest BCUT2D eigenvalue weighted by Crippen LogP contribution is -2.41. The van der Waals surface area contributed by atoms with E-state index in [9.17, 15) is 0 Å². The van der Waals surface area contributed by atoms with Crippen LogP contribution in [0.1, 0.15) is 34.6 Å². The third-order valence-corrected chi connectivity index (χ3v) is 1.81. The minimum atomic E-state index is 0.173. The summed E-state index contributed by atoms with van der Waals surface area (Å²) in [6.07, 6.45) is 0. The quantitative estimate of drug-likeness (QED) is 0.604. The summed E-state index contributed by atoms with van der Waals surface area (Å²) in [6, 6.07) is 0. The zero-order chi connectivity index (χ0) is 9.07. The third kappa shape index (κ3) is 4.35. The smallest absolute Gasteiger partial charge is 0.0645 e. The number of rotatable bonds is 3. The summed E-state index contributed by atoms with van der Waals surface area (Å²) in [5, 5.41) is 0. The third-order valence-electron chi connectivity index (χ3n) is 1.55. The van der Waals surface area contributed by atoms with Crippen molar-refractivity contribution < 1.29 is 0 Å². The number of nitrogens with zero attached hydrogens (tertiary/aromatic N) is 1. The van der Waals surface area contributed by atoms with Crippen molar-refractivity contribution in [3.05, 3.63) is 0 Å². The molecule has 0 aromatic rings. The standard InChI is InChI=1S/C9H19NS/c1-8(2)6-10(7-11)9(3,4)5/h7-8H,6H2,1-5H3. The van der Waals surface area contributed by atoms with Crippen molar-refractivity contribution in [3.8, 4) is 0 Å². The van der Waals surface area contributed by atoms with Crippen LogP contribution in [-0.4, -0.2) is 22.5 Å². The van der Waals surface area contributed by atoms with E-state index in [4.69, 9.17) is 12.2 Å². The van der Waals surface area contributed by atoms with Gasteiger partial charge in [-0.15, -0.1) is 0 Å². The predicted octanol–water partition coefficient (Wildman–Crippen LogP) is 2.70. The van der Waals surface area contributed by atoms with Gasteiger partial charge in [0.2, 0.25) is 0 Å². The minimum absolute atomic E-state index is 0.173. The molecule has 0 bridgehead atoms. The van der Waals surface area contributed by atoms with Crippen molar-refractivity contribution in [2.75, 3.05) is 6.54 Å². The fourth-order valence-electron chi connectivity index (χ4n) is 0.868. The van der Waals surface area contributed by atoms with E-state index in [-0.39, 0.29) is 5.54 Å². The van der Waals surface area contributed by atoms with Gasteiger partial charge in [0.1, 0.15) is 0 Å². The molecule has 0 fully saturated rings. The molecule has 0 radical (unpaired) electrons. The van der Waals surface area contributed by atoms with Crippen LogP contribution >= 0.6 is 12.2 Å². The first-order chi connectivity index (χ1) is 4.88. The van der Waals surface area contributed by atoms with Gasteiger partial charge in [-0.25, -0.2) is 0 Å². The first-order valence-corrected chi connectivity index (χ1v) is 4.57. The summed E-state index contributed by atoms with van der Waals surface area (Å²) in [7, 11) is 0. The molecule has 0 unspecified atom stereocenters. The molecule has 2 heteroatoms. The summed E-state index contributed by atoms with van der Waals surface area (Å²) in [5.41, 5.74) is 1.94. The molecule has 1 nitrogen and oxygen atoms in total. The van der Waals surface area contributed by atoms with E-state index in [1.165, 1.54) is 0 Å². The van der Waals surface area contributed by atoms with Gasteiger partial charge in [-0.1, -0.05) is 26.1 Å². The van der Waals surface area contributed by atoms with Gasteiger partial charge < -0.3 is 4.90 Å². The lowest BCUT2D eigenvalue weighted by molar-refractivity contribution is 0.225. The van der Waals surface area contributed by atoms with E-state index in [1.54, 1.807) is 5.49 Å². The molecule has 0 aliphatic carbocycles. The van der Waals surface area contributed by atoms with Crippen LogP contribution in [0.15, 0.2) is 0 Å². The molecule has 0 rings (SSSR count).